The van der Waals surface area contributed by atoms with Crippen LogP contribution in [0.25, 0.3) is 0 Å². The fraction of sp³-hybridized carbons (Fsp3) is 0.438. The van der Waals surface area contributed by atoms with E-state index in [1.165, 1.54) is 6.92 Å². The molecule has 2 aliphatic rings. The lowest BCUT2D eigenvalue weighted by molar-refractivity contribution is -0.135. The quantitative estimate of drug-likeness (QED) is 0.712. The molecule has 0 bridgehead atoms. The predicted octanol–water partition coefficient (Wildman–Crippen LogP) is 0.410. The molecule has 2 N–H and O–H groups in total. The standard InChI is InChI=1S/C16H18ClN3O5S/c1-16(11-4-2-3-5-12(11)17)14(22)20(15(23)19-16)8-13(21)18-10-6-7-26(24,25)9-10/h2-5,10H,6-9H2,1H3,(H,18,21)(H,19,23)/t10-,16+/m1/s1. The monoisotopic (exact) mass is 399 g/mol. The first-order valence-electron chi connectivity index (χ1n) is 8.01. The lowest BCUT2D eigenvalue weighted by Crippen LogP contribution is -2.45. The summed E-state index contributed by atoms with van der Waals surface area (Å²) in [6.07, 6.45) is 0.325. The average Bonchev–Trinajstić information content (AvgIpc) is 2.99. The average molecular weight is 400 g/mol. The minimum atomic E-state index is -3.14. The van der Waals surface area contributed by atoms with E-state index >= 15 is 0 Å². The predicted molar refractivity (Wildman–Crippen MR) is 94.3 cm³/mol. The molecule has 1 aromatic rings. The highest BCUT2D eigenvalue weighted by Gasteiger charge is 2.50. The molecule has 2 fully saturated rings. The highest BCUT2D eigenvalue weighted by molar-refractivity contribution is 7.91. The second kappa shape index (κ2) is 6.55. The normalized spacial score (nSPS) is 27.5. The zero-order chi connectivity index (χ0) is 19.1. The van der Waals surface area contributed by atoms with E-state index in [2.05, 4.69) is 10.6 Å². The van der Waals surface area contributed by atoms with Gasteiger partial charge in [0.15, 0.2) is 9.84 Å². The molecule has 2 heterocycles. The maximum Gasteiger partial charge on any atom is 0.325 e. The Balaban J connectivity index is 1.72. The maximum absolute atomic E-state index is 12.8. The number of benzene rings is 1. The highest BCUT2D eigenvalue weighted by atomic mass is 35.5. The van der Waals surface area contributed by atoms with Gasteiger partial charge in [0.1, 0.15) is 12.1 Å². The van der Waals surface area contributed by atoms with Gasteiger partial charge >= 0.3 is 6.03 Å². The number of carbonyl (C=O) groups excluding carboxylic acids is 3. The van der Waals surface area contributed by atoms with Crippen LogP contribution in [0, 0.1) is 0 Å². The smallest absolute Gasteiger partial charge is 0.325 e. The van der Waals surface area contributed by atoms with E-state index in [0.29, 0.717) is 17.0 Å². The van der Waals surface area contributed by atoms with Crippen LogP contribution < -0.4 is 10.6 Å². The van der Waals surface area contributed by atoms with Crippen molar-refractivity contribution in [1.82, 2.24) is 15.5 Å². The van der Waals surface area contributed by atoms with Crippen molar-refractivity contribution in [3.05, 3.63) is 34.9 Å². The van der Waals surface area contributed by atoms with Crippen molar-refractivity contribution in [2.45, 2.75) is 24.9 Å². The van der Waals surface area contributed by atoms with Gasteiger partial charge in [0.05, 0.1) is 11.5 Å². The number of hydrogen-bond donors (Lipinski definition) is 2. The summed E-state index contributed by atoms with van der Waals surface area (Å²) in [5.41, 5.74) is -0.934. The minimum absolute atomic E-state index is 0.0195. The van der Waals surface area contributed by atoms with E-state index in [0.717, 1.165) is 4.90 Å². The number of amides is 4. The van der Waals surface area contributed by atoms with Crippen LogP contribution in [0.5, 0.6) is 0 Å². The van der Waals surface area contributed by atoms with E-state index in [4.69, 9.17) is 11.6 Å². The summed E-state index contributed by atoms with van der Waals surface area (Å²) < 4.78 is 22.9. The lowest BCUT2D eigenvalue weighted by atomic mass is 9.92. The summed E-state index contributed by atoms with van der Waals surface area (Å²) in [6.45, 7) is 1.04. The summed E-state index contributed by atoms with van der Waals surface area (Å²) in [6, 6.07) is 5.44. The van der Waals surface area contributed by atoms with Crippen LogP contribution in [-0.4, -0.2) is 55.3 Å². The van der Waals surface area contributed by atoms with Crippen LogP contribution in [0.4, 0.5) is 4.79 Å². The molecule has 0 spiro atoms. The summed E-state index contributed by atoms with van der Waals surface area (Å²) in [5.74, 6) is -1.29. The second-order valence-electron chi connectivity index (χ2n) is 6.59. The van der Waals surface area contributed by atoms with Crippen molar-refractivity contribution >= 4 is 39.3 Å². The number of urea groups is 1. The molecule has 0 aromatic heterocycles. The van der Waals surface area contributed by atoms with Gasteiger partial charge in [-0.25, -0.2) is 13.2 Å². The molecule has 0 aliphatic carbocycles. The number of halogens is 1. The third-order valence-electron chi connectivity index (χ3n) is 4.59. The van der Waals surface area contributed by atoms with E-state index in [9.17, 15) is 22.8 Å². The number of nitrogens with zero attached hydrogens (tertiary/aromatic N) is 1. The van der Waals surface area contributed by atoms with Gasteiger partial charge < -0.3 is 10.6 Å². The minimum Gasteiger partial charge on any atom is -0.351 e. The molecule has 0 saturated carbocycles. The Hall–Kier alpha value is -2.13. The third kappa shape index (κ3) is 3.41. The molecule has 140 valence electrons. The van der Waals surface area contributed by atoms with Crippen LogP contribution >= 0.6 is 11.6 Å². The molecule has 2 saturated heterocycles. The van der Waals surface area contributed by atoms with Gasteiger partial charge in [0.2, 0.25) is 5.91 Å². The molecular weight excluding hydrogens is 382 g/mol. The number of rotatable bonds is 4. The summed E-state index contributed by atoms with van der Waals surface area (Å²) in [7, 11) is -3.14. The Morgan fingerprint density at radius 2 is 2.08 bits per heavy atom. The molecule has 0 unspecified atom stereocenters. The maximum atomic E-state index is 12.8. The molecule has 1 aromatic carbocycles. The number of hydrogen-bond acceptors (Lipinski definition) is 5. The van der Waals surface area contributed by atoms with Crippen LogP contribution in [-0.2, 0) is 25.0 Å². The van der Waals surface area contributed by atoms with Crippen LogP contribution in [0.1, 0.15) is 18.9 Å². The molecule has 3 rings (SSSR count). The second-order valence-corrected chi connectivity index (χ2v) is 9.23. The zero-order valence-corrected chi connectivity index (χ0v) is 15.6. The summed E-state index contributed by atoms with van der Waals surface area (Å²) in [5, 5.41) is 5.46. The first kappa shape index (κ1) is 18.7. The van der Waals surface area contributed by atoms with Crippen molar-refractivity contribution in [3.63, 3.8) is 0 Å². The van der Waals surface area contributed by atoms with Crippen molar-refractivity contribution in [3.8, 4) is 0 Å². The van der Waals surface area contributed by atoms with Crippen molar-refractivity contribution in [1.29, 1.82) is 0 Å². The Morgan fingerprint density at radius 1 is 1.38 bits per heavy atom. The highest BCUT2D eigenvalue weighted by Crippen LogP contribution is 2.33. The van der Waals surface area contributed by atoms with Gasteiger partial charge in [-0.1, -0.05) is 29.8 Å². The van der Waals surface area contributed by atoms with Gasteiger partial charge in [-0.3, -0.25) is 14.5 Å². The third-order valence-corrected chi connectivity index (χ3v) is 6.68. The first-order chi connectivity index (χ1) is 12.1. The first-order valence-corrected chi connectivity index (χ1v) is 10.2. The van der Waals surface area contributed by atoms with Crippen LogP contribution in [0.2, 0.25) is 5.02 Å². The molecular formula is C16H18ClN3O5S. The number of nitrogens with one attached hydrogen (secondary N) is 2. The number of imide groups is 1. The molecule has 4 amide bonds. The molecule has 2 atom stereocenters. The Kier molecular flexibility index (Phi) is 4.70. The largest absolute Gasteiger partial charge is 0.351 e. The zero-order valence-electron chi connectivity index (χ0n) is 14.0. The SMILES string of the molecule is C[C@@]1(c2ccccc2Cl)NC(=O)N(CC(=O)N[C@@H]2CCS(=O)(=O)C2)C1=O. The van der Waals surface area contributed by atoms with Gasteiger partial charge in [-0.2, -0.15) is 0 Å². The number of carbonyl (C=O) groups is 3. The van der Waals surface area contributed by atoms with E-state index in [1.807, 2.05) is 0 Å². The van der Waals surface area contributed by atoms with Gasteiger partial charge in [0.25, 0.3) is 5.91 Å². The van der Waals surface area contributed by atoms with Crippen LogP contribution in [0.15, 0.2) is 24.3 Å². The molecule has 8 nitrogen and oxygen atoms in total. The topological polar surface area (TPSA) is 113 Å². The molecule has 26 heavy (non-hydrogen) atoms. The Morgan fingerprint density at radius 3 is 2.69 bits per heavy atom. The number of sulfone groups is 1. The van der Waals surface area contributed by atoms with Crippen molar-refractivity contribution < 1.29 is 22.8 Å². The van der Waals surface area contributed by atoms with Gasteiger partial charge in [-0.15, -0.1) is 0 Å². The van der Waals surface area contributed by atoms with E-state index in [-0.39, 0.29) is 11.5 Å². The fourth-order valence-corrected chi connectivity index (χ4v) is 5.21. The lowest BCUT2D eigenvalue weighted by Gasteiger charge is -2.23. The summed E-state index contributed by atoms with van der Waals surface area (Å²) in [4.78, 5) is 38.0. The fourth-order valence-electron chi connectivity index (χ4n) is 3.22. The Labute approximate surface area is 155 Å². The molecule has 10 heteroatoms. The Bertz CT molecular complexity index is 888. The van der Waals surface area contributed by atoms with Crippen molar-refractivity contribution in [2.75, 3.05) is 18.1 Å². The summed E-state index contributed by atoms with van der Waals surface area (Å²) >= 11 is 6.14. The van der Waals surface area contributed by atoms with Crippen molar-refractivity contribution in [2.24, 2.45) is 0 Å². The van der Waals surface area contributed by atoms with E-state index in [1.54, 1.807) is 24.3 Å². The van der Waals surface area contributed by atoms with Crippen LogP contribution in [0.3, 0.4) is 0 Å². The van der Waals surface area contributed by atoms with E-state index < -0.39 is 45.8 Å². The molecule has 2 aliphatic heterocycles. The molecule has 0 radical (unpaired) electrons. The van der Waals surface area contributed by atoms with Gasteiger partial charge in [-0.05, 0) is 19.4 Å². The van der Waals surface area contributed by atoms with Gasteiger partial charge in [0, 0.05) is 16.6 Å².